The molecule has 0 atom stereocenters. The highest BCUT2D eigenvalue weighted by Crippen LogP contribution is 2.29. The zero-order chi connectivity index (χ0) is 9.90. The quantitative estimate of drug-likeness (QED) is 0.611. The largest absolute Gasteiger partial charge is 0.433 e. The highest BCUT2D eigenvalue weighted by atomic mass is 19.4. The molecule has 1 aromatic heterocycles. The fourth-order valence-corrected chi connectivity index (χ4v) is 0.946. The summed E-state index contributed by atoms with van der Waals surface area (Å²) < 4.78 is 36.7. The number of nitrogens with zero attached hydrogens (tertiary/aromatic N) is 1. The van der Waals surface area contributed by atoms with Gasteiger partial charge in [-0.05, 0) is 11.6 Å². The zero-order valence-corrected chi connectivity index (χ0v) is 6.60. The molecule has 0 aromatic carbocycles. The van der Waals surface area contributed by atoms with E-state index in [4.69, 9.17) is 6.42 Å². The lowest BCUT2D eigenvalue weighted by Crippen LogP contribution is -2.11. The van der Waals surface area contributed by atoms with Crippen LogP contribution in [0, 0.1) is 12.3 Å². The van der Waals surface area contributed by atoms with Crippen molar-refractivity contribution in [3.8, 4) is 12.3 Å². The molecule has 68 valence electrons. The van der Waals surface area contributed by atoms with Gasteiger partial charge < -0.3 is 0 Å². The first-order valence-electron chi connectivity index (χ1n) is 3.50. The van der Waals surface area contributed by atoms with Gasteiger partial charge in [0.1, 0.15) is 5.69 Å². The Labute approximate surface area is 73.6 Å². The minimum absolute atomic E-state index is 0.0394. The van der Waals surface area contributed by atoms with E-state index in [9.17, 15) is 13.2 Å². The molecule has 0 unspecified atom stereocenters. The number of terminal acetylenes is 1. The summed E-state index contributed by atoms with van der Waals surface area (Å²) in [6.45, 7) is 0. The van der Waals surface area contributed by atoms with Gasteiger partial charge in [0.2, 0.25) is 0 Å². The van der Waals surface area contributed by atoms with E-state index in [2.05, 4.69) is 10.9 Å². The Balaban J connectivity index is 3.14. The van der Waals surface area contributed by atoms with Gasteiger partial charge in [-0.1, -0.05) is 6.07 Å². The third kappa shape index (κ3) is 2.22. The number of hydrogen-bond acceptors (Lipinski definition) is 1. The lowest BCUT2D eigenvalue weighted by molar-refractivity contribution is -0.141. The number of halogens is 3. The average Bonchev–Trinajstić information content (AvgIpc) is 2.04. The molecule has 0 fully saturated rings. The fraction of sp³-hybridized carbons (Fsp3) is 0.222. The van der Waals surface area contributed by atoms with Crippen molar-refractivity contribution in [3.63, 3.8) is 0 Å². The monoisotopic (exact) mass is 185 g/mol. The number of hydrogen-bond donors (Lipinski definition) is 0. The Kier molecular flexibility index (Phi) is 2.57. The zero-order valence-electron chi connectivity index (χ0n) is 6.60. The van der Waals surface area contributed by atoms with Crippen molar-refractivity contribution in [3.05, 3.63) is 29.6 Å². The van der Waals surface area contributed by atoms with Crippen LogP contribution in [0.25, 0.3) is 0 Å². The molecule has 0 aliphatic carbocycles. The van der Waals surface area contributed by atoms with Crippen LogP contribution in [0.5, 0.6) is 0 Å². The average molecular weight is 185 g/mol. The van der Waals surface area contributed by atoms with Crippen LogP contribution >= 0.6 is 0 Å². The summed E-state index contributed by atoms with van der Waals surface area (Å²) in [5, 5.41) is 0. The molecule has 1 nitrogen and oxygen atoms in total. The van der Waals surface area contributed by atoms with Gasteiger partial charge in [-0.2, -0.15) is 13.2 Å². The lowest BCUT2D eigenvalue weighted by atomic mass is 10.1. The maximum atomic E-state index is 12.2. The second-order valence-corrected chi connectivity index (χ2v) is 2.39. The Bertz CT molecular complexity index is 335. The number of aromatic nitrogens is 1. The Hall–Kier alpha value is -1.50. The Morgan fingerprint density at radius 2 is 2.15 bits per heavy atom. The molecule has 0 N–H and O–H groups in total. The second-order valence-electron chi connectivity index (χ2n) is 2.39. The summed E-state index contributed by atoms with van der Waals surface area (Å²) in [7, 11) is 0. The van der Waals surface area contributed by atoms with Crippen molar-refractivity contribution in [1.82, 2.24) is 4.98 Å². The van der Waals surface area contributed by atoms with E-state index in [1.54, 1.807) is 0 Å². The van der Waals surface area contributed by atoms with E-state index >= 15 is 0 Å². The van der Waals surface area contributed by atoms with Gasteiger partial charge >= 0.3 is 6.18 Å². The van der Waals surface area contributed by atoms with E-state index in [1.165, 1.54) is 12.1 Å². The normalized spacial score (nSPS) is 10.9. The van der Waals surface area contributed by atoms with Crippen LogP contribution < -0.4 is 0 Å². The SMILES string of the molecule is C#CCc1cccnc1C(F)(F)F. The van der Waals surface area contributed by atoms with Gasteiger partial charge in [-0.3, -0.25) is 4.98 Å². The first-order chi connectivity index (χ1) is 6.05. The predicted molar refractivity (Wildman–Crippen MR) is 41.8 cm³/mol. The topological polar surface area (TPSA) is 12.9 Å². The molecule has 1 aromatic rings. The fourth-order valence-electron chi connectivity index (χ4n) is 0.946. The molecule has 0 spiro atoms. The maximum absolute atomic E-state index is 12.2. The van der Waals surface area contributed by atoms with Gasteiger partial charge in [0, 0.05) is 12.6 Å². The molecule has 13 heavy (non-hydrogen) atoms. The minimum Gasteiger partial charge on any atom is -0.251 e. The molecular formula is C9H6F3N. The third-order valence-electron chi connectivity index (χ3n) is 1.45. The predicted octanol–water partition coefficient (Wildman–Crippen LogP) is 2.28. The van der Waals surface area contributed by atoms with Crippen LogP contribution in [0.2, 0.25) is 0 Å². The molecule has 4 heteroatoms. The van der Waals surface area contributed by atoms with Gasteiger partial charge in [0.05, 0.1) is 0 Å². The third-order valence-corrected chi connectivity index (χ3v) is 1.45. The summed E-state index contributed by atoms with van der Waals surface area (Å²) in [5.41, 5.74) is -0.856. The summed E-state index contributed by atoms with van der Waals surface area (Å²) in [4.78, 5) is 3.25. The van der Waals surface area contributed by atoms with E-state index in [-0.39, 0.29) is 12.0 Å². The molecule has 0 amide bonds. The van der Waals surface area contributed by atoms with Gasteiger partial charge in [-0.25, -0.2) is 0 Å². The summed E-state index contributed by atoms with van der Waals surface area (Å²) in [6, 6.07) is 2.76. The maximum Gasteiger partial charge on any atom is 0.433 e. The van der Waals surface area contributed by atoms with Gasteiger partial charge in [0.15, 0.2) is 0 Å². The van der Waals surface area contributed by atoms with E-state index in [0.717, 1.165) is 6.20 Å². The highest BCUT2D eigenvalue weighted by molar-refractivity contribution is 5.25. The Morgan fingerprint density at radius 1 is 1.46 bits per heavy atom. The smallest absolute Gasteiger partial charge is 0.251 e. The molecule has 1 heterocycles. The standard InChI is InChI=1S/C9H6F3N/c1-2-4-7-5-3-6-13-8(7)9(10,11)12/h1,3,5-6H,4H2. The summed E-state index contributed by atoms with van der Waals surface area (Å²) in [6.07, 6.45) is 1.55. The molecule has 0 bridgehead atoms. The van der Waals surface area contributed by atoms with E-state index in [1.807, 2.05) is 0 Å². The molecular weight excluding hydrogens is 179 g/mol. The van der Waals surface area contributed by atoms with Crippen molar-refractivity contribution in [1.29, 1.82) is 0 Å². The van der Waals surface area contributed by atoms with E-state index < -0.39 is 11.9 Å². The van der Waals surface area contributed by atoms with Crippen molar-refractivity contribution in [2.45, 2.75) is 12.6 Å². The number of pyridine rings is 1. The van der Waals surface area contributed by atoms with Crippen molar-refractivity contribution in [2.24, 2.45) is 0 Å². The van der Waals surface area contributed by atoms with Crippen molar-refractivity contribution < 1.29 is 13.2 Å². The molecule has 1 rings (SSSR count). The van der Waals surface area contributed by atoms with Crippen LogP contribution in [0.1, 0.15) is 11.3 Å². The lowest BCUT2D eigenvalue weighted by Gasteiger charge is -2.08. The van der Waals surface area contributed by atoms with E-state index in [0.29, 0.717) is 0 Å². The molecule has 0 radical (unpaired) electrons. The van der Waals surface area contributed by atoms with Crippen LogP contribution in [-0.4, -0.2) is 4.98 Å². The second kappa shape index (κ2) is 3.48. The summed E-state index contributed by atoms with van der Waals surface area (Å²) in [5.74, 6) is 2.16. The van der Waals surface area contributed by atoms with Crippen molar-refractivity contribution >= 4 is 0 Å². The van der Waals surface area contributed by atoms with Gasteiger partial charge in [0.25, 0.3) is 0 Å². The minimum atomic E-state index is -4.42. The van der Waals surface area contributed by atoms with Crippen LogP contribution in [-0.2, 0) is 12.6 Å². The van der Waals surface area contributed by atoms with Crippen LogP contribution in [0.4, 0.5) is 13.2 Å². The van der Waals surface area contributed by atoms with Gasteiger partial charge in [-0.15, -0.1) is 12.3 Å². The molecule has 0 saturated heterocycles. The van der Waals surface area contributed by atoms with Crippen LogP contribution in [0.15, 0.2) is 18.3 Å². The highest BCUT2D eigenvalue weighted by Gasteiger charge is 2.34. The first kappa shape index (κ1) is 9.59. The van der Waals surface area contributed by atoms with Crippen LogP contribution in [0.3, 0.4) is 0 Å². The molecule has 0 saturated carbocycles. The molecule has 0 aliphatic heterocycles. The van der Waals surface area contributed by atoms with Crippen molar-refractivity contribution in [2.75, 3.05) is 0 Å². The summed E-state index contributed by atoms with van der Waals surface area (Å²) >= 11 is 0. The first-order valence-corrected chi connectivity index (χ1v) is 3.50. The number of rotatable bonds is 1. The Morgan fingerprint density at radius 3 is 2.69 bits per heavy atom. The number of alkyl halides is 3. The molecule has 0 aliphatic rings.